The van der Waals surface area contributed by atoms with Crippen LogP contribution in [0.4, 0.5) is 38.1 Å². The largest absolute Gasteiger partial charge is 0.497 e. The fraction of sp³-hybridized carbons (Fsp3) is 0.211. The van der Waals surface area contributed by atoms with Crippen molar-refractivity contribution >= 4 is 28.4 Å². The molecule has 1 aromatic heterocycles. The number of urea groups is 1. The molecule has 4 N–H and O–H groups in total. The number of amides is 2. The lowest BCUT2D eigenvalue weighted by Crippen LogP contribution is -2.40. The van der Waals surface area contributed by atoms with Crippen LogP contribution in [-0.2, 0) is 0 Å². The number of halogens is 5. The lowest BCUT2D eigenvalue weighted by atomic mass is 10.1. The third-order valence-electron chi connectivity index (χ3n) is 4.28. The molecular weight excluding hydrogens is 413 g/mol. The van der Waals surface area contributed by atoms with Crippen LogP contribution in [0.5, 0.6) is 5.75 Å². The first kappa shape index (κ1) is 21.2. The van der Waals surface area contributed by atoms with E-state index in [4.69, 9.17) is 14.9 Å². The Balaban J connectivity index is 1.94. The molecule has 30 heavy (non-hydrogen) atoms. The quantitative estimate of drug-likeness (QED) is 0.401. The zero-order valence-corrected chi connectivity index (χ0v) is 15.7. The summed E-state index contributed by atoms with van der Waals surface area (Å²) in [4.78, 5) is 12.2. The maximum Gasteiger partial charge on any atom is 0.416 e. The Morgan fingerprint density at radius 2 is 1.87 bits per heavy atom. The number of ether oxygens (including phenoxy) is 1. The molecule has 0 unspecified atom stereocenters. The number of nitrogens with two attached hydrogens (primary N) is 1. The van der Waals surface area contributed by atoms with Gasteiger partial charge in [-0.15, -0.1) is 0 Å². The highest BCUT2D eigenvalue weighted by atomic mass is 19.4. The SMILES string of the molecule is COc1cc(N)cc(NC(=O)N[C@H](c2oc3c(F)cc(F)cc3c2C)C(F)(F)F)c1. The number of fused-ring (bicyclic) bond motifs is 1. The lowest BCUT2D eigenvalue weighted by Gasteiger charge is -2.21. The van der Waals surface area contributed by atoms with Gasteiger partial charge in [-0.2, -0.15) is 13.2 Å². The zero-order chi connectivity index (χ0) is 22.2. The zero-order valence-electron chi connectivity index (χ0n) is 15.7. The fourth-order valence-corrected chi connectivity index (χ4v) is 2.94. The van der Waals surface area contributed by atoms with Crippen molar-refractivity contribution < 1.29 is 35.9 Å². The Bertz CT molecular complexity index is 1110. The highest BCUT2D eigenvalue weighted by molar-refractivity contribution is 5.91. The molecule has 2 aromatic carbocycles. The van der Waals surface area contributed by atoms with Crippen LogP contribution in [0, 0.1) is 18.6 Å². The molecule has 0 radical (unpaired) electrons. The monoisotopic (exact) mass is 429 g/mol. The molecule has 3 aromatic rings. The van der Waals surface area contributed by atoms with Crippen molar-refractivity contribution in [1.82, 2.24) is 5.32 Å². The van der Waals surface area contributed by atoms with Crippen LogP contribution in [-0.4, -0.2) is 19.3 Å². The van der Waals surface area contributed by atoms with Gasteiger partial charge in [0, 0.05) is 40.5 Å². The number of hydrogen-bond donors (Lipinski definition) is 3. The van der Waals surface area contributed by atoms with Crippen LogP contribution < -0.4 is 21.1 Å². The minimum absolute atomic E-state index is 0.0831. The Hall–Kier alpha value is -3.50. The van der Waals surface area contributed by atoms with E-state index in [1.807, 2.05) is 0 Å². The number of carbonyl (C=O) groups excluding carboxylic acids is 1. The van der Waals surface area contributed by atoms with Crippen LogP contribution in [0.2, 0.25) is 0 Å². The summed E-state index contributed by atoms with van der Waals surface area (Å²) in [6.45, 7) is 1.21. The number of alkyl halides is 3. The average Bonchev–Trinajstić information content (AvgIpc) is 2.95. The van der Waals surface area contributed by atoms with Gasteiger partial charge in [-0.3, -0.25) is 0 Å². The van der Waals surface area contributed by atoms with Crippen molar-refractivity contribution in [2.75, 3.05) is 18.2 Å². The molecular formula is C19H16F5N3O3. The second-order valence-corrected chi connectivity index (χ2v) is 6.42. The van der Waals surface area contributed by atoms with Crippen LogP contribution in [0.3, 0.4) is 0 Å². The van der Waals surface area contributed by atoms with E-state index in [2.05, 4.69) is 5.32 Å². The minimum Gasteiger partial charge on any atom is -0.497 e. The van der Waals surface area contributed by atoms with E-state index >= 15 is 0 Å². The van der Waals surface area contributed by atoms with Gasteiger partial charge in [0.1, 0.15) is 17.3 Å². The molecule has 3 rings (SSSR count). The van der Waals surface area contributed by atoms with E-state index in [9.17, 15) is 26.7 Å². The Kier molecular flexibility index (Phi) is 5.47. The molecule has 1 atom stereocenters. The van der Waals surface area contributed by atoms with E-state index in [-0.39, 0.29) is 28.1 Å². The first-order chi connectivity index (χ1) is 14.0. The van der Waals surface area contributed by atoms with Gasteiger partial charge in [0.15, 0.2) is 17.4 Å². The summed E-state index contributed by atoms with van der Waals surface area (Å²) in [6, 6.07) is 1.62. The molecule has 2 amide bonds. The normalized spacial score (nSPS) is 12.6. The van der Waals surface area contributed by atoms with Crippen molar-refractivity contribution in [3.8, 4) is 5.75 Å². The van der Waals surface area contributed by atoms with E-state index in [1.165, 1.54) is 32.2 Å². The summed E-state index contributed by atoms with van der Waals surface area (Å²) in [5.74, 6) is -2.61. The average molecular weight is 429 g/mol. The molecule has 0 saturated heterocycles. The van der Waals surface area contributed by atoms with Crippen LogP contribution in [0.15, 0.2) is 34.7 Å². The standard InChI is InChI=1S/C19H16F5N3O3/c1-8-13-3-9(20)4-14(21)16(13)30-15(8)17(19(22,23)24)27-18(28)26-11-5-10(25)6-12(7-11)29-2/h3-7,17H,25H2,1-2H3,(H2,26,27,28)/t17-/m1/s1. The number of carbonyl (C=O) groups is 1. The molecule has 11 heteroatoms. The number of hydrogen-bond acceptors (Lipinski definition) is 4. The number of nitrogens with one attached hydrogen (secondary N) is 2. The Morgan fingerprint density at radius 3 is 2.50 bits per heavy atom. The van der Waals surface area contributed by atoms with Gasteiger partial charge in [-0.1, -0.05) is 0 Å². The summed E-state index contributed by atoms with van der Waals surface area (Å²) in [5, 5.41) is 3.80. The molecule has 160 valence electrons. The molecule has 1 heterocycles. The van der Waals surface area contributed by atoms with Crippen molar-refractivity contribution in [3.05, 3.63) is 53.3 Å². The Morgan fingerprint density at radius 1 is 1.17 bits per heavy atom. The predicted octanol–water partition coefficient (Wildman–Crippen LogP) is 5.04. The summed E-state index contributed by atoms with van der Waals surface area (Å²) in [7, 11) is 1.35. The highest BCUT2D eigenvalue weighted by Gasteiger charge is 2.45. The molecule has 0 fully saturated rings. The van der Waals surface area contributed by atoms with E-state index in [1.54, 1.807) is 5.32 Å². The topological polar surface area (TPSA) is 89.5 Å². The summed E-state index contributed by atoms with van der Waals surface area (Å²) in [5.41, 5.74) is 5.25. The number of methoxy groups -OCH3 is 1. The number of aryl methyl sites for hydroxylation is 1. The van der Waals surface area contributed by atoms with Gasteiger partial charge in [0.2, 0.25) is 0 Å². The molecule has 0 aliphatic heterocycles. The van der Waals surface area contributed by atoms with E-state index in [0.717, 1.165) is 6.07 Å². The van der Waals surface area contributed by atoms with Crippen molar-refractivity contribution in [1.29, 1.82) is 0 Å². The predicted molar refractivity (Wildman–Crippen MR) is 99.2 cm³/mol. The van der Waals surface area contributed by atoms with Gasteiger partial charge >= 0.3 is 12.2 Å². The van der Waals surface area contributed by atoms with E-state index < -0.39 is 41.2 Å². The maximum atomic E-state index is 13.9. The molecule has 0 aliphatic carbocycles. The second-order valence-electron chi connectivity index (χ2n) is 6.42. The van der Waals surface area contributed by atoms with Crippen LogP contribution in [0.1, 0.15) is 17.4 Å². The first-order valence-electron chi connectivity index (χ1n) is 8.46. The summed E-state index contributed by atoms with van der Waals surface area (Å²) < 4.78 is 78.4. The lowest BCUT2D eigenvalue weighted by molar-refractivity contribution is -0.158. The summed E-state index contributed by atoms with van der Waals surface area (Å²) in [6.07, 6.45) is -4.99. The van der Waals surface area contributed by atoms with Gasteiger partial charge in [0.25, 0.3) is 0 Å². The summed E-state index contributed by atoms with van der Waals surface area (Å²) >= 11 is 0. The molecule has 0 spiro atoms. The minimum atomic E-state index is -4.99. The number of benzene rings is 2. The first-order valence-corrected chi connectivity index (χ1v) is 8.46. The van der Waals surface area contributed by atoms with Crippen LogP contribution in [0.25, 0.3) is 11.0 Å². The van der Waals surface area contributed by atoms with Crippen molar-refractivity contribution in [2.45, 2.75) is 19.1 Å². The van der Waals surface area contributed by atoms with Crippen molar-refractivity contribution in [3.63, 3.8) is 0 Å². The highest BCUT2D eigenvalue weighted by Crippen LogP contribution is 2.39. The van der Waals surface area contributed by atoms with Crippen molar-refractivity contribution in [2.24, 2.45) is 0 Å². The molecule has 0 bridgehead atoms. The van der Waals surface area contributed by atoms with Gasteiger partial charge in [-0.25, -0.2) is 13.6 Å². The molecule has 0 saturated carbocycles. The van der Waals surface area contributed by atoms with Gasteiger partial charge < -0.3 is 25.5 Å². The van der Waals surface area contributed by atoms with Crippen LogP contribution >= 0.6 is 0 Å². The molecule has 0 aliphatic rings. The maximum absolute atomic E-state index is 13.9. The third-order valence-corrected chi connectivity index (χ3v) is 4.28. The number of furan rings is 1. The fourth-order valence-electron chi connectivity index (χ4n) is 2.94. The third kappa shape index (κ3) is 4.24. The van der Waals surface area contributed by atoms with Gasteiger partial charge in [0.05, 0.1) is 7.11 Å². The number of anilines is 2. The second kappa shape index (κ2) is 7.73. The Labute approximate surface area is 166 Å². The van der Waals surface area contributed by atoms with Gasteiger partial charge in [-0.05, 0) is 19.1 Å². The van der Waals surface area contributed by atoms with E-state index in [0.29, 0.717) is 6.07 Å². The smallest absolute Gasteiger partial charge is 0.416 e. The number of nitrogen functional groups attached to an aromatic ring is 1. The molecule has 6 nitrogen and oxygen atoms in total. The number of rotatable bonds is 4.